The molecule has 0 aromatic rings. The second-order valence-corrected chi connectivity index (χ2v) is 4.52. The van der Waals surface area contributed by atoms with Crippen molar-refractivity contribution in [3.63, 3.8) is 0 Å². The lowest BCUT2D eigenvalue weighted by molar-refractivity contribution is 0.170. The Morgan fingerprint density at radius 3 is 3.00 bits per heavy atom. The fourth-order valence-electron chi connectivity index (χ4n) is 2.59. The summed E-state index contributed by atoms with van der Waals surface area (Å²) in [7, 11) is 0. The molecule has 3 heteroatoms. The molecule has 1 unspecified atom stereocenters. The molecule has 2 N–H and O–H groups in total. The van der Waals surface area contributed by atoms with Crippen LogP contribution in [0.2, 0.25) is 0 Å². The Kier molecular flexibility index (Phi) is 3.65. The number of nitrogens with one attached hydrogen (secondary N) is 1. The first-order chi connectivity index (χ1) is 7.33. The van der Waals surface area contributed by atoms with Gasteiger partial charge in [0, 0.05) is 18.8 Å². The Morgan fingerprint density at radius 2 is 2.20 bits per heavy atom. The Morgan fingerprint density at radius 1 is 1.33 bits per heavy atom. The second-order valence-electron chi connectivity index (χ2n) is 4.52. The summed E-state index contributed by atoms with van der Waals surface area (Å²) in [5.41, 5.74) is 6.13. The van der Waals surface area contributed by atoms with Gasteiger partial charge in [-0.15, -0.1) is 0 Å². The van der Waals surface area contributed by atoms with Crippen LogP contribution in [0.25, 0.3) is 0 Å². The molecule has 3 nitrogen and oxygen atoms in total. The number of hydrazine groups is 1. The number of allylic oxidation sites excluding steroid dienone is 1. The molecule has 2 rings (SSSR count). The van der Waals surface area contributed by atoms with Crippen LogP contribution >= 0.6 is 0 Å². The second kappa shape index (κ2) is 4.99. The summed E-state index contributed by atoms with van der Waals surface area (Å²) < 4.78 is 0. The van der Waals surface area contributed by atoms with Gasteiger partial charge in [-0.25, -0.2) is 5.43 Å². The number of aliphatic hydroxyl groups is 1. The summed E-state index contributed by atoms with van der Waals surface area (Å²) >= 11 is 0. The molecule has 0 bridgehead atoms. The van der Waals surface area contributed by atoms with E-state index in [1.54, 1.807) is 0 Å². The molecule has 0 aliphatic carbocycles. The van der Waals surface area contributed by atoms with E-state index in [9.17, 15) is 5.11 Å². The highest BCUT2D eigenvalue weighted by Gasteiger charge is 2.24. The molecule has 2 heterocycles. The third-order valence-electron chi connectivity index (χ3n) is 3.46. The predicted octanol–water partition coefficient (Wildman–Crippen LogP) is 1.80. The van der Waals surface area contributed by atoms with E-state index in [4.69, 9.17) is 0 Å². The summed E-state index contributed by atoms with van der Waals surface area (Å²) in [6.45, 7) is 4.25. The number of nitrogens with zero attached hydrogens (tertiary/aromatic N) is 1. The minimum absolute atomic E-state index is 0.220. The van der Waals surface area contributed by atoms with Crippen LogP contribution in [0.15, 0.2) is 11.3 Å². The highest BCUT2D eigenvalue weighted by molar-refractivity contribution is 5.20. The molecule has 0 aromatic carbocycles. The molecule has 2 aliphatic rings. The third kappa shape index (κ3) is 2.34. The van der Waals surface area contributed by atoms with E-state index in [1.165, 1.54) is 30.5 Å². The minimum atomic E-state index is -0.220. The van der Waals surface area contributed by atoms with Gasteiger partial charge in [-0.2, -0.15) is 0 Å². The van der Waals surface area contributed by atoms with Crippen molar-refractivity contribution in [3.05, 3.63) is 11.3 Å². The monoisotopic (exact) mass is 210 g/mol. The molecule has 1 atom stereocenters. The van der Waals surface area contributed by atoms with Crippen molar-refractivity contribution in [2.24, 2.45) is 0 Å². The van der Waals surface area contributed by atoms with Crippen molar-refractivity contribution in [1.29, 1.82) is 0 Å². The molecular formula is C12H22N2O. The smallest absolute Gasteiger partial charge is 0.0767 e. The minimum Gasteiger partial charge on any atom is -0.389 e. The topological polar surface area (TPSA) is 35.5 Å². The van der Waals surface area contributed by atoms with Gasteiger partial charge in [-0.3, -0.25) is 0 Å². The Labute approximate surface area is 92.1 Å². The van der Waals surface area contributed by atoms with E-state index in [0.717, 1.165) is 32.4 Å². The molecule has 2 aliphatic heterocycles. The van der Waals surface area contributed by atoms with Gasteiger partial charge in [0.25, 0.3) is 0 Å². The van der Waals surface area contributed by atoms with Crippen LogP contribution < -0.4 is 5.43 Å². The fourth-order valence-corrected chi connectivity index (χ4v) is 2.59. The number of aliphatic hydroxyl groups excluding tert-OH is 1. The number of hydrogen-bond donors (Lipinski definition) is 2. The van der Waals surface area contributed by atoms with Crippen molar-refractivity contribution in [2.45, 2.75) is 51.6 Å². The van der Waals surface area contributed by atoms with Crippen molar-refractivity contribution in [2.75, 3.05) is 13.1 Å². The first kappa shape index (κ1) is 11.0. The maximum atomic E-state index is 10.0. The molecule has 0 aromatic heterocycles. The maximum absolute atomic E-state index is 10.0. The lowest BCUT2D eigenvalue weighted by atomic mass is 9.94. The molecule has 0 amide bonds. The van der Waals surface area contributed by atoms with Gasteiger partial charge in [0.1, 0.15) is 0 Å². The average Bonchev–Trinajstić information content (AvgIpc) is 2.52. The Bertz CT molecular complexity index is 250. The molecule has 1 fully saturated rings. The van der Waals surface area contributed by atoms with Gasteiger partial charge in [0.15, 0.2) is 0 Å². The molecule has 86 valence electrons. The van der Waals surface area contributed by atoms with Gasteiger partial charge in [-0.05, 0) is 44.1 Å². The quantitative estimate of drug-likeness (QED) is 0.729. The van der Waals surface area contributed by atoms with Gasteiger partial charge < -0.3 is 10.1 Å². The number of hydrogen-bond acceptors (Lipinski definition) is 3. The predicted molar refractivity (Wildman–Crippen MR) is 61.1 cm³/mol. The van der Waals surface area contributed by atoms with E-state index >= 15 is 0 Å². The van der Waals surface area contributed by atoms with Crippen LogP contribution in [-0.2, 0) is 0 Å². The van der Waals surface area contributed by atoms with E-state index < -0.39 is 0 Å². The molecule has 15 heavy (non-hydrogen) atoms. The normalized spacial score (nSPS) is 24.8. The van der Waals surface area contributed by atoms with Gasteiger partial charge in [0.05, 0.1) is 6.10 Å². The molecule has 1 saturated heterocycles. The average molecular weight is 210 g/mol. The lowest BCUT2D eigenvalue weighted by Gasteiger charge is -2.34. The Hall–Kier alpha value is -0.540. The summed E-state index contributed by atoms with van der Waals surface area (Å²) in [6, 6.07) is 0. The highest BCUT2D eigenvalue weighted by atomic mass is 16.3. The first-order valence-corrected chi connectivity index (χ1v) is 6.24. The number of rotatable bonds is 2. The van der Waals surface area contributed by atoms with Gasteiger partial charge in [-0.1, -0.05) is 6.92 Å². The number of fused-ring (bicyclic) bond motifs is 1. The lowest BCUT2D eigenvalue weighted by Crippen LogP contribution is -2.40. The summed E-state index contributed by atoms with van der Waals surface area (Å²) in [6.07, 6.45) is 6.51. The van der Waals surface area contributed by atoms with Crippen molar-refractivity contribution < 1.29 is 5.11 Å². The van der Waals surface area contributed by atoms with Gasteiger partial charge >= 0.3 is 0 Å². The van der Waals surface area contributed by atoms with Crippen LogP contribution in [0.4, 0.5) is 0 Å². The summed E-state index contributed by atoms with van der Waals surface area (Å²) in [5, 5.41) is 12.3. The summed E-state index contributed by atoms with van der Waals surface area (Å²) in [4.78, 5) is 0. The standard InChI is InChI=1S/C12H22N2O/c1-2-12(15)10-6-5-9-14-11(10)7-3-4-8-13-14/h12-13,15H,2-9H2,1H3. The van der Waals surface area contributed by atoms with Crippen LogP contribution in [0.1, 0.15) is 45.4 Å². The van der Waals surface area contributed by atoms with Crippen LogP contribution in [-0.4, -0.2) is 29.3 Å². The largest absolute Gasteiger partial charge is 0.389 e. The van der Waals surface area contributed by atoms with E-state index in [1.807, 2.05) is 0 Å². The van der Waals surface area contributed by atoms with Gasteiger partial charge in [0.2, 0.25) is 0 Å². The zero-order chi connectivity index (χ0) is 10.7. The third-order valence-corrected chi connectivity index (χ3v) is 3.46. The zero-order valence-electron chi connectivity index (χ0n) is 9.63. The van der Waals surface area contributed by atoms with Crippen LogP contribution in [0.5, 0.6) is 0 Å². The highest BCUT2D eigenvalue weighted by Crippen LogP contribution is 2.29. The van der Waals surface area contributed by atoms with Crippen LogP contribution in [0, 0.1) is 0 Å². The maximum Gasteiger partial charge on any atom is 0.0767 e. The summed E-state index contributed by atoms with van der Waals surface area (Å²) in [5.74, 6) is 0. The molecule has 0 radical (unpaired) electrons. The molecule has 0 saturated carbocycles. The van der Waals surface area contributed by atoms with Crippen molar-refractivity contribution in [3.8, 4) is 0 Å². The Balaban J connectivity index is 2.22. The molecular weight excluding hydrogens is 188 g/mol. The van der Waals surface area contributed by atoms with Crippen LogP contribution in [0.3, 0.4) is 0 Å². The first-order valence-electron chi connectivity index (χ1n) is 6.24. The van der Waals surface area contributed by atoms with E-state index in [0.29, 0.717) is 0 Å². The zero-order valence-corrected chi connectivity index (χ0v) is 9.63. The van der Waals surface area contributed by atoms with Crippen molar-refractivity contribution >= 4 is 0 Å². The fraction of sp³-hybridized carbons (Fsp3) is 0.833. The SMILES string of the molecule is CCC(O)C1=C2CCCCNN2CCC1. The van der Waals surface area contributed by atoms with E-state index in [-0.39, 0.29) is 6.10 Å². The molecule has 0 spiro atoms. The van der Waals surface area contributed by atoms with Crippen molar-refractivity contribution in [1.82, 2.24) is 10.4 Å². The van der Waals surface area contributed by atoms with E-state index in [2.05, 4.69) is 17.4 Å².